The van der Waals surface area contributed by atoms with Crippen LogP contribution in [0.1, 0.15) is 22.3 Å². The fraction of sp³-hybridized carbons (Fsp3) is 0.200. The number of aliphatic hydroxyl groups excluding tert-OH is 2. The van der Waals surface area contributed by atoms with E-state index in [1.165, 1.54) is 33.4 Å². The molecule has 0 saturated carbocycles. The topological polar surface area (TPSA) is 58.9 Å². The molecule has 2 N–H and O–H groups in total. The third kappa shape index (κ3) is 3.96. The normalized spacial score (nSPS) is 13.6. The maximum atomic E-state index is 9.11. The van der Waals surface area contributed by atoms with Gasteiger partial charge in [0.25, 0.3) is 0 Å². The highest BCUT2D eigenvalue weighted by molar-refractivity contribution is 5.78. The van der Waals surface area contributed by atoms with Gasteiger partial charge in [-0.05, 0) is 64.1 Å². The van der Waals surface area contributed by atoms with Crippen molar-refractivity contribution in [2.45, 2.75) is 11.8 Å². The van der Waals surface area contributed by atoms with Crippen molar-refractivity contribution in [1.82, 2.24) is 0 Å². The number of hydrogen-bond acceptors (Lipinski definition) is 4. The molecule has 0 saturated heterocycles. The molecule has 0 atom stereocenters. The van der Waals surface area contributed by atoms with Crippen molar-refractivity contribution < 1.29 is 19.7 Å². The summed E-state index contributed by atoms with van der Waals surface area (Å²) in [5.74, 6) is 1.48. The zero-order chi connectivity index (χ0) is 23.4. The Morgan fingerprint density at radius 1 is 0.588 bits per heavy atom. The monoisotopic (exact) mass is 452 g/mol. The average Bonchev–Trinajstić information content (AvgIpc) is 2.91. The molecular weight excluding hydrogens is 424 g/mol. The van der Waals surface area contributed by atoms with E-state index in [0.717, 1.165) is 17.9 Å². The van der Waals surface area contributed by atoms with Crippen molar-refractivity contribution in [3.8, 4) is 22.6 Å². The van der Waals surface area contributed by atoms with Crippen molar-refractivity contribution in [1.29, 1.82) is 0 Å². The van der Waals surface area contributed by atoms with Crippen LogP contribution in [0, 0.1) is 0 Å². The molecule has 0 fully saturated rings. The predicted molar refractivity (Wildman–Crippen MR) is 134 cm³/mol. The Labute approximate surface area is 200 Å². The Kier molecular flexibility index (Phi) is 6.35. The molecule has 0 aliphatic heterocycles. The largest absolute Gasteiger partial charge is 0.491 e. The van der Waals surface area contributed by atoms with Crippen LogP contribution in [0.5, 0.6) is 11.5 Å². The first kappa shape index (κ1) is 22.2. The molecule has 0 radical (unpaired) electrons. The van der Waals surface area contributed by atoms with Crippen molar-refractivity contribution >= 4 is 0 Å². The zero-order valence-electron chi connectivity index (χ0n) is 19.0. The van der Waals surface area contributed by atoms with E-state index in [4.69, 9.17) is 19.7 Å². The third-order valence-electron chi connectivity index (χ3n) is 6.56. The number of rotatable bonds is 8. The van der Waals surface area contributed by atoms with Gasteiger partial charge < -0.3 is 19.7 Å². The molecule has 4 nitrogen and oxygen atoms in total. The van der Waals surface area contributed by atoms with Gasteiger partial charge in [-0.1, -0.05) is 72.8 Å². The van der Waals surface area contributed by atoms with Crippen molar-refractivity contribution in [2.24, 2.45) is 0 Å². The summed E-state index contributed by atoms with van der Waals surface area (Å²) in [6, 6.07) is 33.7. The van der Waals surface area contributed by atoms with E-state index in [-0.39, 0.29) is 26.4 Å². The minimum atomic E-state index is -0.393. The van der Waals surface area contributed by atoms with Gasteiger partial charge in [0.2, 0.25) is 0 Å². The van der Waals surface area contributed by atoms with E-state index in [9.17, 15) is 0 Å². The Morgan fingerprint density at radius 3 is 1.65 bits per heavy atom. The quantitative estimate of drug-likeness (QED) is 0.396. The second kappa shape index (κ2) is 9.72. The van der Waals surface area contributed by atoms with E-state index >= 15 is 0 Å². The molecule has 0 spiro atoms. The SMILES string of the molecule is OCCOc1ccc(C2(c3ccc(OCCO)cc3)Cc3ccccc3-c3ccccc32)cc1. The van der Waals surface area contributed by atoms with E-state index in [0.29, 0.717) is 0 Å². The summed E-state index contributed by atoms with van der Waals surface area (Å²) < 4.78 is 11.3. The van der Waals surface area contributed by atoms with Crippen molar-refractivity contribution in [3.63, 3.8) is 0 Å². The third-order valence-corrected chi connectivity index (χ3v) is 6.56. The van der Waals surface area contributed by atoms with Crippen LogP contribution in [0.4, 0.5) is 0 Å². The summed E-state index contributed by atoms with van der Waals surface area (Å²) in [5, 5.41) is 18.2. The molecule has 0 bridgehead atoms. The van der Waals surface area contributed by atoms with Gasteiger partial charge in [-0.15, -0.1) is 0 Å². The molecular formula is C30H28O4. The van der Waals surface area contributed by atoms with Crippen molar-refractivity contribution in [2.75, 3.05) is 26.4 Å². The number of fused-ring (bicyclic) bond motifs is 3. The smallest absolute Gasteiger partial charge is 0.119 e. The average molecular weight is 453 g/mol. The summed E-state index contributed by atoms with van der Waals surface area (Å²) in [6.45, 7) is 0.521. The van der Waals surface area contributed by atoms with Crippen LogP contribution in [-0.4, -0.2) is 36.6 Å². The number of hydrogen-bond donors (Lipinski definition) is 2. The van der Waals surface area contributed by atoms with Crippen molar-refractivity contribution in [3.05, 3.63) is 119 Å². The van der Waals surface area contributed by atoms with E-state index in [1.54, 1.807) is 0 Å². The van der Waals surface area contributed by atoms with Crippen LogP contribution < -0.4 is 9.47 Å². The van der Waals surface area contributed by atoms with Gasteiger partial charge in [0.15, 0.2) is 0 Å². The molecule has 1 aliphatic rings. The van der Waals surface area contributed by atoms with Gasteiger partial charge in [-0.25, -0.2) is 0 Å². The Bertz CT molecular complexity index is 1190. The number of aliphatic hydroxyl groups is 2. The van der Waals surface area contributed by atoms with Gasteiger partial charge in [-0.3, -0.25) is 0 Å². The molecule has 0 heterocycles. The summed E-state index contributed by atoms with van der Waals surface area (Å²) in [4.78, 5) is 0. The molecule has 5 rings (SSSR count). The van der Waals surface area contributed by atoms with Crippen LogP contribution >= 0.6 is 0 Å². The predicted octanol–water partition coefficient (Wildman–Crippen LogP) is 4.99. The van der Waals surface area contributed by atoms with E-state index in [2.05, 4.69) is 72.8 Å². The van der Waals surface area contributed by atoms with Gasteiger partial charge in [0, 0.05) is 5.41 Å². The lowest BCUT2D eigenvalue weighted by Gasteiger charge is -2.41. The molecule has 0 aromatic heterocycles. The molecule has 4 aromatic carbocycles. The molecule has 34 heavy (non-hydrogen) atoms. The lowest BCUT2D eigenvalue weighted by atomic mass is 9.61. The Hall–Kier alpha value is -3.60. The zero-order valence-corrected chi connectivity index (χ0v) is 19.0. The van der Waals surface area contributed by atoms with Crippen LogP contribution in [0.3, 0.4) is 0 Å². The summed E-state index contributed by atoms with van der Waals surface area (Å²) >= 11 is 0. The summed E-state index contributed by atoms with van der Waals surface area (Å²) in [7, 11) is 0. The highest BCUT2D eigenvalue weighted by Crippen LogP contribution is 2.51. The molecule has 172 valence electrons. The summed E-state index contributed by atoms with van der Waals surface area (Å²) in [6.07, 6.45) is 0.827. The standard InChI is InChI=1S/C30H28O4/c31-17-19-33-25-13-9-23(10-14-25)30(24-11-15-26(16-12-24)34-20-18-32)21-22-5-1-2-6-27(22)28-7-3-4-8-29(28)30/h1-16,31-32H,17-21H2. The molecule has 4 heteroatoms. The second-order valence-electron chi connectivity index (χ2n) is 8.48. The maximum Gasteiger partial charge on any atom is 0.119 e. The van der Waals surface area contributed by atoms with Gasteiger partial charge in [0.1, 0.15) is 24.7 Å². The second-order valence-corrected chi connectivity index (χ2v) is 8.48. The molecule has 0 amide bonds. The Balaban J connectivity index is 1.69. The van der Waals surface area contributed by atoms with Crippen LogP contribution in [-0.2, 0) is 11.8 Å². The van der Waals surface area contributed by atoms with Gasteiger partial charge in [-0.2, -0.15) is 0 Å². The van der Waals surface area contributed by atoms with Crippen LogP contribution in [0.15, 0.2) is 97.1 Å². The fourth-order valence-corrected chi connectivity index (χ4v) is 5.09. The van der Waals surface area contributed by atoms with E-state index in [1.807, 2.05) is 24.3 Å². The minimum Gasteiger partial charge on any atom is -0.491 e. The highest BCUT2D eigenvalue weighted by atomic mass is 16.5. The lowest BCUT2D eigenvalue weighted by molar-refractivity contribution is 0.201. The highest BCUT2D eigenvalue weighted by Gasteiger charge is 2.41. The van der Waals surface area contributed by atoms with Gasteiger partial charge in [0.05, 0.1) is 13.2 Å². The first-order valence-electron chi connectivity index (χ1n) is 11.6. The molecule has 4 aromatic rings. The lowest BCUT2D eigenvalue weighted by Crippen LogP contribution is -2.35. The van der Waals surface area contributed by atoms with E-state index < -0.39 is 5.41 Å². The Morgan fingerprint density at radius 2 is 1.09 bits per heavy atom. The molecule has 1 aliphatic carbocycles. The van der Waals surface area contributed by atoms with Gasteiger partial charge >= 0.3 is 0 Å². The molecule has 0 unspecified atom stereocenters. The van der Waals surface area contributed by atoms with Crippen LogP contribution in [0.2, 0.25) is 0 Å². The van der Waals surface area contributed by atoms with Crippen LogP contribution in [0.25, 0.3) is 11.1 Å². The maximum absolute atomic E-state index is 9.11. The summed E-state index contributed by atoms with van der Waals surface area (Å²) in [5.41, 5.74) is 7.05. The first-order chi connectivity index (χ1) is 16.8. The number of benzene rings is 4. The fourth-order valence-electron chi connectivity index (χ4n) is 5.09. The number of ether oxygens (including phenoxy) is 2. The minimum absolute atomic E-state index is 0.0133. The first-order valence-corrected chi connectivity index (χ1v) is 11.6.